The van der Waals surface area contributed by atoms with Crippen LogP contribution in [0.2, 0.25) is 0 Å². The molecule has 0 atom stereocenters. The van der Waals surface area contributed by atoms with E-state index in [9.17, 15) is 19.2 Å². The molecule has 0 fully saturated rings. The minimum absolute atomic E-state index is 0.0988. The molecule has 0 spiro atoms. The molecule has 0 bridgehead atoms. The highest BCUT2D eigenvalue weighted by Crippen LogP contribution is 2.34. The largest absolute Gasteiger partial charge is 0.462 e. The van der Waals surface area contributed by atoms with Gasteiger partial charge in [0.1, 0.15) is 0 Å². The van der Waals surface area contributed by atoms with Crippen molar-refractivity contribution in [2.24, 2.45) is 0 Å². The maximum Gasteiger partial charge on any atom is 0.338 e. The number of amides is 3. The Balaban J connectivity index is 2.15. The van der Waals surface area contributed by atoms with Crippen LogP contribution in [0.4, 0.5) is 5.69 Å². The van der Waals surface area contributed by atoms with Crippen LogP contribution >= 0.6 is 0 Å². The number of hydrogen-bond donors (Lipinski definition) is 1. The topological polar surface area (TPSA) is 92.8 Å². The van der Waals surface area contributed by atoms with E-state index < -0.39 is 23.7 Å². The number of carbonyl (C=O) groups is 4. The van der Waals surface area contributed by atoms with E-state index in [0.29, 0.717) is 11.1 Å². The zero-order valence-corrected chi connectivity index (χ0v) is 15.9. The lowest BCUT2D eigenvalue weighted by Crippen LogP contribution is -2.29. The molecule has 7 heteroatoms. The molecule has 7 nitrogen and oxygen atoms in total. The summed E-state index contributed by atoms with van der Waals surface area (Å²) in [5.74, 6) is -2.05. The van der Waals surface area contributed by atoms with Gasteiger partial charge in [-0.05, 0) is 44.5 Å². The van der Waals surface area contributed by atoms with Crippen LogP contribution in [0, 0.1) is 6.92 Å². The zero-order valence-electron chi connectivity index (χ0n) is 15.9. The maximum absolute atomic E-state index is 12.8. The summed E-state index contributed by atoms with van der Waals surface area (Å²) in [7, 11) is 0. The molecular formula is C21H20N2O5. The molecule has 0 aliphatic carbocycles. The molecule has 28 heavy (non-hydrogen) atoms. The summed E-state index contributed by atoms with van der Waals surface area (Å²) in [6.07, 6.45) is 0. The van der Waals surface area contributed by atoms with Gasteiger partial charge in [-0.3, -0.25) is 19.3 Å². The Kier molecular flexibility index (Phi) is 5.26. The van der Waals surface area contributed by atoms with Gasteiger partial charge in [-0.15, -0.1) is 0 Å². The Morgan fingerprint density at radius 3 is 2.29 bits per heavy atom. The van der Waals surface area contributed by atoms with Crippen molar-refractivity contribution in [3.8, 4) is 0 Å². The average Bonchev–Trinajstić information content (AvgIpc) is 2.95. The van der Waals surface area contributed by atoms with Crippen LogP contribution in [0.3, 0.4) is 0 Å². The Bertz CT molecular complexity index is 982. The van der Waals surface area contributed by atoms with E-state index in [1.54, 1.807) is 51.1 Å². The Morgan fingerprint density at radius 1 is 1.04 bits per heavy atom. The standard InChI is InChI=1S/C21H20N2O5/c1-4-23-19(25)16-12(3)14(21(27)28-5-2)11-15(17(16)20(23)26)22-18(24)13-9-7-6-8-10-13/h6-11H,4-5H2,1-3H3,(H,22,24). The number of anilines is 1. The minimum Gasteiger partial charge on any atom is -0.462 e. The summed E-state index contributed by atoms with van der Waals surface area (Å²) in [6, 6.07) is 9.86. The molecule has 1 aliphatic rings. The fourth-order valence-corrected chi connectivity index (χ4v) is 3.22. The highest BCUT2D eigenvalue weighted by atomic mass is 16.5. The van der Waals surface area contributed by atoms with Crippen molar-refractivity contribution in [3.05, 3.63) is 64.2 Å². The van der Waals surface area contributed by atoms with Crippen molar-refractivity contribution in [2.45, 2.75) is 20.8 Å². The quantitative estimate of drug-likeness (QED) is 0.636. The van der Waals surface area contributed by atoms with Crippen molar-refractivity contribution < 1.29 is 23.9 Å². The maximum atomic E-state index is 12.8. The summed E-state index contributed by atoms with van der Waals surface area (Å²) in [4.78, 5) is 51.6. The predicted octanol–water partition coefficient (Wildman–Crippen LogP) is 3.04. The number of nitrogens with one attached hydrogen (secondary N) is 1. The van der Waals surface area contributed by atoms with Gasteiger partial charge in [-0.25, -0.2) is 4.79 Å². The first-order chi connectivity index (χ1) is 13.4. The highest BCUT2D eigenvalue weighted by molar-refractivity contribution is 6.26. The molecule has 0 radical (unpaired) electrons. The first-order valence-corrected chi connectivity index (χ1v) is 8.97. The second-order valence-electron chi connectivity index (χ2n) is 6.24. The Hall–Kier alpha value is -3.48. The third-order valence-electron chi connectivity index (χ3n) is 4.60. The van der Waals surface area contributed by atoms with Crippen molar-refractivity contribution in [1.82, 2.24) is 4.90 Å². The third-order valence-corrected chi connectivity index (χ3v) is 4.60. The zero-order chi connectivity index (χ0) is 20.4. The molecule has 3 amide bonds. The van der Waals surface area contributed by atoms with Crippen LogP contribution in [0.15, 0.2) is 36.4 Å². The monoisotopic (exact) mass is 380 g/mol. The minimum atomic E-state index is -0.617. The molecule has 0 unspecified atom stereocenters. The first kappa shape index (κ1) is 19.3. The van der Waals surface area contributed by atoms with E-state index in [4.69, 9.17) is 4.74 Å². The second kappa shape index (κ2) is 7.64. The number of imide groups is 1. The summed E-state index contributed by atoms with van der Waals surface area (Å²) >= 11 is 0. The van der Waals surface area contributed by atoms with Gasteiger partial charge in [0.2, 0.25) is 0 Å². The second-order valence-corrected chi connectivity index (χ2v) is 6.24. The molecule has 2 aromatic rings. The highest BCUT2D eigenvalue weighted by Gasteiger charge is 2.40. The summed E-state index contributed by atoms with van der Waals surface area (Å²) in [5, 5.41) is 2.67. The Labute approximate surface area is 162 Å². The molecule has 3 rings (SSSR count). The van der Waals surface area contributed by atoms with Gasteiger partial charge in [-0.1, -0.05) is 18.2 Å². The van der Waals surface area contributed by atoms with Crippen LogP contribution < -0.4 is 5.32 Å². The fourth-order valence-electron chi connectivity index (χ4n) is 3.22. The fraction of sp³-hybridized carbons (Fsp3) is 0.238. The molecule has 144 valence electrons. The van der Waals surface area contributed by atoms with Crippen LogP contribution in [-0.4, -0.2) is 41.7 Å². The molecule has 1 N–H and O–H groups in total. The lowest BCUT2D eigenvalue weighted by Gasteiger charge is -2.14. The number of ether oxygens (including phenoxy) is 1. The Morgan fingerprint density at radius 2 is 1.68 bits per heavy atom. The smallest absolute Gasteiger partial charge is 0.338 e. The van der Waals surface area contributed by atoms with Crippen LogP contribution in [0.1, 0.15) is 60.8 Å². The molecule has 1 heterocycles. The van der Waals surface area contributed by atoms with Crippen LogP contribution in [0.25, 0.3) is 0 Å². The number of carbonyl (C=O) groups excluding carboxylic acids is 4. The van der Waals surface area contributed by atoms with Crippen LogP contribution in [0.5, 0.6) is 0 Å². The molecule has 0 aromatic heterocycles. The number of benzene rings is 2. The molecule has 0 saturated carbocycles. The normalized spacial score (nSPS) is 12.8. The SMILES string of the molecule is CCOC(=O)c1cc(NC(=O)c2ccccc2)c2c(c1C)C(=O)N(CC)C2=O. The van der Waals surface area contributed by atoms with E-state index in [1.165, 1.54) is 6.07 Å². The lowest BCUT2D eigenvalue weighted by molar-refractivity contribution is 0.0524. The summed E-state index contributed by atoms with van der Waals surface area (Å²) in [6.45, 7) is 5.30. The van der Waals surface area contributed by atoms with E-state index in [-0.39, 0.29) is 35.5 Å². The molecular weight excluding hydrogens is 360 g/mol. The van der Waals surface area contributed by atoms with Gasteiger partial charge in [0.25, 0.3) is 17.7 Å². The third kappa shape index (κ3) is 3.15. The summed E-state index contributed by atoms with van der Waals surface area (Å²) in [5.41, 5.74) is 1.23. The predicted molar refractivity (Wildman–Crippen MR) is 103 cm³/mol. The number of esters is 1. The number of rotatable bonds is 5. The van der Waals surface area contributed by atoms with Gasteiger partial charge in [0.05, 0.1) is 29.0 Å². The lowest BCUT2D eigenvalue weighted by atomic mass is 9.96. The van der Waals surface area contributed by atoms with E-state index >= 15 is 0 Å². The van der Waals surface area contributed by atoms with E-state index in [1.807, 2.05) is 0 Å². The van der Waals surface area contributed by atoms with Crippen molar-refractivity contribution >= 4 is 29.4 Å². The number of fused-ring (bicyclic) bond motifs is 1. The van der Waals surface area contributed by atoms with E-state index in [2.05, 4.69) is 5.32 Å². The first-order valence-electron chi connectivity index (χ1n) is 8.97. The molecule has 1 aliphatic heterocycles. The number of hydrogen-bond acceptors (Lipinski definition) is 5. The van der Waals surface area contributed by atoms with Gasteiger partial charge in [0.15, 0.2) is 0 Å². The van der Waals surface area contributed by atoms with Gasteiger partial charge in [0, 0.05) is 12.1 Å². The van der Waals surface area contributed by atoms with Gasteiger partial charge in [-0.2, -0.15) is 0 Å². The molecule has 0 saturated heterocycles. The van der Waals surface area contributed by atoms with Crippen molar-refractivity contribution in [2.75, 3.05) is 18.5 Å². The molecule has 2 aromatic carbocycles. The van der Waals surface area contributed by atoms with Crippen molar-refractivity contribution in [3.63, 3.8) is 0 Å². The number of nitrogens with zero attached hydrogens (tertiary/aromatic N) is 1. The van der Waals surface area contributed by atoms with Crippen LogP contribution in [-0.2, 0) is 4.74 Å². The van der Waals surface area contributed by atoms with E-state index in [0.717, 1.165) is 4.90 Å². The van der Waals surface area contributed by atoms with Crippen molar-refractivity contribution in [1.29, 1.82) is 0 Å². The summed E-state index contributed by atoms with van der Waals surface area (Å²) < 4.78 is 5.07. The van der Waals surface area contributed by atoms with Gasteiger partial charge >= 0.3 is 5.97 Å². The average molecular weight is 380 g/mol. The van der Waals surface area contributed by atoms with Gasteiger partial charge < -0.3 is 10.1 Å².